The molecule has 0 aliphatic carbocycles. The molecule has 0 aromatic carbocycles. The van der Waals surface area contributed by atoms with Gasteiger partial charge >= 0.3 is 0 Å². The third kappa shape index (κ3) is 3.52. The van der Waals surface area contributed by atoms with Gasteiger partial charge in [-0.25, -0.2) is 0 Å². The van der Waals surface area contributed by atoms with Gasteiger partial charge in [0.05, 0.1) is 0 Å². The highest BCUT2D eigenvalue weighted by molar-refractivity contribution is 5.42. The average Bonchev–Trinajstić information content (AvgIpc) is 2.25. The fourth-order valence-corrected chi connectivity index (χ4v) is 1.05. The van der Waals surface area contributed by atoms with E-state index in [1.165, 1.54) is 0 Å². The van der Waals surface area contributed by atoms with E-state index >= 15 is 0 Å². The second-order valence-electron chi connectivity index (χ2n) is 4.20. The summed E-state index contributed by atoms with van der Waals surface area (Å²) in [6, 6.07) is 0. The highest BCUT2D eigenvalue weighted by Gasteiger charge is 2.06. The van der Waals surface area contributed by atoms with Gasteiger partial charge in [-0.15, -0.1) is 0 Å². The van der Waals surface area contributed by atoms with Gasteiger partial charge in [0.25, 0.3) is 0 Å². The van der Waals surface area contributed by atoms with Crippen LogP contribution >= 0.6 is 0 Å². The number of hydrogen-bond donors (Lipinski definition) is 2. The van der Waals surface area contributed by atoms with Crippen LogP contribution in [0, 0.1) is 5.92 Å². The molecule has 1 aromatic rings. The topological polar surface area (TPSA) is 66.0 Å². The molecule has 1 rings (SSSR count). The summed E-state index contributed by atoms with van der Waals surface area (Å²) in [5.74, 6) is 2.38. The van der Waals surface area contributed by atoms with Crippen molar-refractivity contribution in [1.29, 1.82) is 0 Å². The van der Waals surface area contributed by atoms with Gasteiger partial charge in [-0.3, -0.25) is 0 Å². The first kappa shape index (κ1) is 12.5. The van der Waals surface area contributed by atoms with Gasteiger partial charge < -0.3 is 15.5 Å². The maximum absolute atomic E-state index is 4.31. The average molecular weight is 224 g/mol. The van der Waals surface area contributed by atoms with E-state index < -0.39 is 0 Å². The zero-order valence-corrected chi connectivity index (χ0v) is 10.6. The van der Waals surface area contributed by atoms with Gasteiger partial charge in [-0.1, -0.05) is 13.8 Å². The molecule has 6 heteroatoms. The summed E-state index contributed by atoms with van der Waals surface area (Å²) in [6.07, 6.45) is 0. The summed E-state index contributed by atoms with van der Waals surface area (Å²) >= 11 is 0. The Labute approximate surface area is 96.5 Å². The molecule has 0 saturated heterocycles. The summed E-state index contributed by atoms with van der Waals surface area (Å²) in [5, 5.41) is 6.11. The summed E-state index contributed by atoms with van der Waals surface area (Å²) in [6.45, 7) is 5.13. The Hall–Kier alpha value is -1.59. The maximum atomic E-state index is 4.31. The van der Waals surface area contributed by atoms with Gasteiger partial charge in [0.1, 0.15) is 0 Å². The van der Waals surface area contributed by atoms with Crippen LogP contribution < -0.4 is 15.5 Å². The molecule has 0 fully saturated rings. The fourth-order valence-electron chi connectivity index (χ4n) is 1.05. The molecular formula is C10H20N6. The molecular weight excluding hydrogens is 204 g/mol. The lowest BCUT2D eigenvalue weighted by Gasteiger charge is -2.13. The Kier molecular flexibility index (Phi) is 4.28. The van der Waals surface area contributed by atoms with E-state index in [0.29, 0.717) is 23.8 Å². The van der Waals surface area contributed by atoms with Crippen molar-refractivity contribution in [3.63, 3.8) is 0 Å². The highest BCUT2D eigenvalue weighted by Crippen LogP contribution is 2.11. The summed E-state index contributed by atoms with van der Waals surface area (Å²) in [5.41, 5.74) is 0. The Balaban J connectivity index is 2.86. The largest absolute Gasteiger partial charge is 0.357 e. The van der Waals surface area contributed by atoms with E-state index in [2.05, 4.69) is 39.4 Å². The predicted octanol–water partition coefficient (Wildman–Crippen LogP) is 1.05. The third-order valence-corrected chi connectivity index (χ3v) is 1.92. The minimum Gasteiger partial charge on any atom is -0.357 e. The van der Waals surface area contributed by atoms with Crippen LogP contribution in [0.15, 0.2) is 0 Å². The van der Waals surface area contributed by atoms with E-state index in [9.17, 15) is 0 Å². The molecule has 0 unspecified atom stereocenters. The van der Waals surface area contributed by atoms with Gasteiger partial charge in [0, 0.05) is 27.7 Å². The van der Waals surface area contributed by atoms with Crippen molar-refractivity contribution < 1.29 is 0 Å². The van der Waals surface area contributed by atoms with E-state index in [4.69, 9.17) is 0 Å². The highest BCUT2D eigenvalue weighted by atomic mass is 15.3. The normalized spacial score (nSPS) is 10.4. The molecule has 0 aliphatic rings. The molecule has 6 nitrogen and oxygen atoms in total. The van der Waals surface area contributed by atoms with Gasteiger partial charge in [-0.05, 0) is 5.92 Å². The predicted molar refractivity (Wildman–Crippen MR) is 67.0 cm³/mol. The lowest BCUT2D eigenvalue weighted by Crippen LogP contribution is -2.17. The molecule has 1 heterocycles. The standard InChI is InChI=1S/C10H20N6/c1-7(2)6-12-9-13-8(11-3)14-10(15-9)16(4)5/h7H,6H2,1-5H3,(H2,11,12,13,14,15). The quantitative estimate of drug-likeness (QED) is 0.779. The number of rotatable bonds is 5. The van der Waals surface area contributed by atoms with Crippen LogP contribution in [0.3, 0.4) is 0 Å². The van der Waals surface area contributed by atoms with Crippen molar-refractivity contribution in [2.24, 2.45) is 5.92 Å². The van der Waals surface area contributed by atoms with Crippen molar-refractivity contribution in [3.8, 4) is 0 Å². The Morgan fingerprint density at radius 1 is 1.12 bits per heavy atom. The first-order chi connectivity index (χ1) is 7.52. The van der Waals surface area contributed by atoms with E-state index in [0.717, 1.165) is 6.54 Å². The Morgan fingerprint density at radius 3 is 2.25 bits per heavy atom. The summed E-state index contributed by atoms with van der Waals surface area (Å²) in [4.78, 5) is 14.6. The first-order valence-electron chi connectivity index (χ1n) is 5.38. The second-order valence-corrected chi connectivity index (χ2v) is 4.20. The van der Waals surface area contributed by atoms with Crippen LogP contribution in [0.1, 0.15) is 13.8 Å². The third-order valence-electron chi connectivity index (χ3n) is 1.92. The molecule has 2 N–H and O–H groups in total. The van der Waals surface area contributed by atoms with Gasteiger partial charge in [0.15, 0.2) is 0 Å². The molecule has 0 radical (unpaired) electrons. The molecule has 0 atom stereocenters. The van der Waals surface area contributed by atoms with Crippen LogP contribution in [0.25, 0.3) is 0 Å². The summed E-state index contributed by atoms with van der Waals surface area (Å²) in [7, 11) is 5.60. The minimum absolute atomic E-state index is 0.553. The SMILES string of the molecule is CNc1nc(NCC(C)C)nc(N(C)C)n1. The van der Waals surface area contributed by atoms with Gasteiger partial charge in [0.2, 0.25) is 17.8 Å². The fraction of sp³-hybridized carbons (Fsp3) is 0.700. The van der Waals surface area contributed by atoms with E-state index in [1.807, 2.05) is 19.0 Å². The molecule has 0 amide bonds. The zero-order chi connectivity index (χ0) is 12.1. The zero-order valence-electron chi connectivity index (χ0n) is 10.6. The maximum Gasteiger partial charge on any atom is 0.231 e. The first-order valence-corrected chi connectivity index (χ1v) is 5.38. The number of hydrogen-bond acceptors (Lipinski definition) is 6. The van der Waals surface area contributed by atoms with Gasteiger partial charge in [-0.2, -0.15) is 15.0 Å². The van der Waals surface area contributed by atoms with E-state index in [-0.39, 0.29) is 0 Å². The van der Waals surface area contributed by atoms with Crippen LogP contribution in [0.4, 0.5) is 17.8 Å². The van der Waals surface area contributed by atoms with Crippen molar-refractivity contribution in [2.45, 2.75) is 13.8 Å². The molecule has 0 saturated carbocycles. The smallest absolute Gasteiger partial charge is 0.231 e. The van der Waals surface area contributed by atoms with Crippen LogP contribution in [-0.2, 0) is 0 Å². The molecule has 1 aromatic heterocycles. The van der Waals surface area contributed by atoms with Crippen molar-refractivity contribution >= 4 is 17.8 Å². The van der Waals surface area contributed by atoms with E-state index in [1.54, 1.807) is 7.05 Å². The Morgan fingerprint density at radius 2 is 1.75 bits per heavy atom. The van der Waals surface area contributed by atoms with Crippen molar-refractivity contribution in [3.05, 3.63) is 0 Å². The molecule has 0 spiro atoms. The lowest BCUT2D eigenvalue weighted by molar-refractivity contribution is 0.684. The summed E-state index contributed by atoms with van der Waals surface area (Å²) < 4.78 is 0. The number of nitrogens with one attached hydrogen (secondary N) is 2. The monoisotopic (exact) mass is 224 g/mol. The minimum atomic E-state index is 0.553. The van der Waals surface area contributed by atoms with Crippen molar-refractivity contribution in [2.75, 3.05) is 43.2 Å². The number of nitrogens with zero attached hydrogens (tertiary/aromatic N) is 4. The molecule has 0 aliphatic heterocycles. The lowest BCUT2D eigenvalue weighted by atomic mass is 10.2. The van der Waals surface area contributed by atoms with Crippen molar-refractivity contribution in [1.82, 2.24) is 15.0 Å². The molecule has 90 valence electrons. The Bertz CT molecular complexity index is 336. The number of anilines is 3. The number of aromatic nitrogens is 3. The molecule has 0 bridgehead atoms. The molecule has 16 heavy (non-hydrogen) atoms. The van der Waals surface area contributed by atoms with Crippen LogP contribution in [-0.4, -0.2) is 42.6 Å². The van der Waals surface area contributed by atoms with Crippen LogP contribution in [0.2, 0.25) is 0 Å². The van der Waals surface area contributed by atoms with Crippen LogP contribution in [0.5, 0.6) is 0 Å². The second kappa shape index (κ2) is 5.48.